The Bertz CT molecular complexity index is 510. The molecule has 8 heteroatoms. The van der Waals surface area contributed by atoms with Crippen LogP contribution in [0.3, 0.4) is 0 Å². The van der Waals surface area contributed by atoms with Crippen molar-refractivity contribution in [3.63, 3.8) is 0 Å². The smallest absolute Gasteiger partial charge is 0.317 e. The lowest BCUT2D eigenvalue weighted by Crippen LogP contribution is -2.37. The minimum absolute atomic E-state index is 0.138. The van der Waals surface area contributed by atoms with Gasteiger partial charge in [-0.2, -0.15) is 0 Å². The van der Waals surface area contributed by atoms with E-state index in [2.05, 4.69) is 5.32 Å². The van der Waals surface area contributed by atoms with E-state index in [9.17, 15) is 13.2 Å². The molecule has 2 amide bonds. The van der Waals surface area contributed by atoms with Crippen LogP contribution in [0.1, 0.15) is 11.8 Å². The number of rotatable bonds is 5. The van der Waals surface area contributed by atoms with Gasteiger partial charge in [0.25, 0.3) is 0 Å². The fourth-order valence-corrected chi connectivity index (χ4v) is 2.99. The highest BCUT2D eigenvalue weighted by molar-refractivity contribution is 7.91. The monoisotopic (exact) mass is 291 g/mol. The summed E-state index contributed by atoms with van der Waals surface area (Å²) in [6.45, 7) is 2.99. The Morgan fingerprint density at radius 1 is 1.50 bits per heavy atom. The summed E-state index contributed by atoms with van der Waals surface area (Å²) >= 11 is 1.13. The third-order valence-corrected chi connectivity index (χ3v) is 4.97. The number of carbonyl (C=O) groups excluding carboxylic acids is 1. The van der Waals surface area contributed by atoms with Crippen molar-refractivity contribution in [2.24, 2.45) is 5.14 Å². The van der Waals surface area contributed by atoms with Crippen molar-refractivity contribution < 1.29 is 13.2 Å². The fraction of sp³-hybridized carbons (Fsp3) is 0.500. The summed E-state index contributed by atoms with van der Waals surface area (Å²) in [5.41, 5.74) is 0. The molecule has 0 aliphatic carbocycles. The third kappa shape index (κ3) is 4.28. The lowest BCUT2D eigenvalue weighted by molar-refractivity contribution is 0.211. The third-order valence-electron chi connectivity index (χ3n) is 2.39. The molecule has 0 atom stereocenters. The standard InChI is InChI=1S/C10H17N3O3S2/c1-3-13(2)10(14)12-7-6-8-4-5-9(17-8)18(11,15)16/h4-5H,3,6-7H2,1-2H3,(H,12,14)(H2,11,15,16). The van der Waals surface area contributed by atoms with E-state index in [1.165, 1.54) is 6.07 Å². The molecular formula is C10H17N3O3S2. The number of urea groups is 1. The second-order valence-electron chi connectivity index (χ2n) is 3.76. The number of thiophene rings is 1. The topological polar surface area (TPSA) is 92.5 Å². The van der Waals surface area contributed by atoms with E-state index in [1.807, 2.05) is 6.92 Å². The second-order valence-corrected chi connectivity index (χ2v) is 6.72. The molecule has 0 aliphatic rings. The van der Waals surface area contributed by atoms with Gasteiger partial charge >= 0.3 is 6.03 Å². The maximum atomic E-state index is 11.4. The van der Waals surface area contributed by atoms with Crippen LogP contribution in [0.15, 0.2) is 16.3 Å². The number of primary sulfonamides is 1. The molecule has 1 heterocycles. The quantitative estimate of drug-likeness (QED) is 0.832. The first-order chi connectivity index (χ1) is 8.34. The fourth-order valence-electron chi connectivity index (χ4n) is 1.22. The number of nitrogens with zero attached hydrogens (tertiary/aromatic N) is 1. The molecule has 18 heavy (non-hydrogen) atoms. The van der Waals surface area contributed by atoms with Crippen LogP contribution in [0, 0.1) is 0 Å². The van der Waals surface area contributed by atoms with Crippen molar-refractivity contribution in [3.05, 3.63) is 17.0 Å². The molecule has 0 radical (unpaired) electrons. The van der Waals surface area contributed by atoms with Crippen molar-refractivity contribution in [2.45, 2.75) is 17.6 Å². The van der Waals surface area contributed by atoms with Crippen LogP contribution >= 0.6 is 11.3 Å². The van der Waals surface area contributed by atoms with Gasteiger partial charge in [0.15, 0.2) is 0 Å². The maximum absolute atomic E-state index is 11.4. The van der Waals surface area contributed by atoms with Gasteiger partial charge in [-0.3, -0.25) is 0 Å². The molecule has 1 rings (SSSR count). The predicted molar refractivity (Wildman–Crippen MR) is 71.1 cm³/mol. The molecule has 0 spiro atoms. The normalized spacial score (nSPS) is 11.3. The molecule has 0 unspecified atom stereocenters. The number of hydrogen-bond donors (Lipinski definition) is 2. The van der Waals surface area contributed by atoms with E-state index in [1.54, 1.807) is 18.0 Å². The van der Waals surface area contributed by atoms with Crippen molar-refractivity contribution >= 4 is 27.4 Å². The summed E-state index contributed by atoms with van der Waals surface area (Å²) in [5, 5.41) is 7.75. The Morgan fingerprint density at radius 2 is 2.17 bits per heavy atom. The Balaban J connectivity index is 2.46. The first-order valence-corrected chi connectivity index (χ1v) is 7.81. The van der Waals surface area contributed by atoms with Crippen LogP contribution in [-0.4, -0.2) is 39.5 Å². The summed E-state index contributed by atoms with van der Waals surface area (Å²) < 4.78 is 22.3. The molecule has 3 N–H and O–H groups in total. The zero-order valence-electron chi connectivity index (χ0n) is 10.3. The average Bonchev–Trinajstić information content (AvgIpc) is 2.76. The lowest BCUT2D eigenvalue weighted by atomic mass is 10.3. The molecule has 0 saturated heterocycles. The highest BCUT2D eigenvalue weighted by Gasteiger charge is 2.11. The molecule has 0 fully saturated rings. The van der Waals surface area contributed by atoms with E-state index in [0.29, 0.717) is 19.5 Å². The maximum Gasteiger partial charge on any atom is 0.317 e. The minimum Gasteiger partial charge on any atom is -0.338 e. The summed E-state index contributed by atoms with van der Waals surface area (Å²) in [7, 11) is -1.91. The predicted octanol–water partition coefficient (Wildman–Crippen LogP) is 0.599. The molecule has 1 aromatic heterocycles. The molecule has 0 bridgehead atoms. The molecular weight excluding hydrogens is 274 g/mol. The zero-order chi connectivity index (χ0) is 13.8. The number of nitrogens with two attached hydrogens (primary N) is 1. The SMILES string of the molecule is CCN(C)C(=O)NCCc1ccc(S(N)(=O)=O)s1. The van der Waals surface area contributed by atoms with E-state index in [-0.39, 0.29) is 10.2 Å². The van der Waals surface area contributed by atoms with E-state index in [4.69, 9.17) is 5.14 Å². The Kier molecular flexibility index (Phi) is 5.12. The van der Waals surface area contributed by atoms with Crippen LogP contribution in [0.2, 0.25) is 0 Å². The van der Waals surface area contributed by atoms with Crippen LogP contribution < -0.4 is 10.5 Å². The van der Waals surface area contributed by atoms with E-state index in [0.717, 1.165) is 16.2 Å². The minimum atomic E-state index is -3.62. The van der Waals surface area contributed by atoms with Gasteiger partial charge in [0.1, 0.15) is 4.21 Å². The van der Waals surface area contributed by atoms with Gasteiger partial charge < -0.3 is 10.2 Å². The molecule has 0 aliphatic heterocycles. The Hall–Kier alpha value is -1.12. The van der Waals surface area contributed by atoms with E-state index < -0.39 is 10.0 Å². The number of hydrogen-bond acceptors (Lipinski definition) is 4. The van der Waals surface area contributed by atoms with Crippen LogP contribution in [0.4, 0.5) is 4.79 Å². The van der Waals surface area contributed by atoms with E-state index >= 15 is 0 Å². The number of amides is 2. The average molecular weight is 291 g/mol. The molecule has 1 aromatic rings. The van der Waals surface area contributed by atoms with Crippen molar-refractivity contribution in [2.75, 3.05) is 20.1 Å². The number of carbonyl (C=O) groups is 1. The van der Waals surface area contributed by atoms with Crippen LogP contribution in [-0.2, 0) is 16.4 Å². The first kappa shape index (κ1) is 14.9. The van der Waals surface area contributed by atoms with Crippen molar-refractivity contribution in [3.8, 4) is 0 Å². The zero-order valence-corrected chi connectivity index (χ0v) is 12.0. The summed E-state index contributed by atoms with van der Waals surface area (Å²) in [4.78, 5) is 13.9. The number of nitrogens with one attached hydrogen (secondary N) is 1. The van der Waals surface area contributed by atoms with Gasteiger partial charge in [0, 0.05) is 25.0 Å². The summed E-state index contributed by atoms with van der Waals surface area (Å²) in [5.74, 6) is 0. The van der Waals surface area contributed by atoms with Crippen LogP contribution in [0.25, 0.3) is 0 Å². The molecule has 0 aromatic carbocycles. The van der Waals surface area contributed by atoms with Crippen LogP contribution in [0.5, 0.6) is 0 Å². The van der Waals surface area contributed by atoms with Crippen molar-refractivity contribution in [1.29, 1.82) is 0 Å². The van der Waals surface area contributed by atoms with Gasteiger partial charge in [-0.05, 0) is 25.5 Å². The lowest BCUT2D eigenvalue weighted by Gasteiger charge is -2.14. The summed E-state index contributed by atoms with van der Waals surface area (Å²) in [6, 6.07) is 3.05. The first-order valence-electron chi connectivity index (χ1n) is 5.45. The largest absolute Gasteiger partial charge is 0.338 e. The molecule has 0 saturated carbocycles. The van der Waals surface area contributed by atoms with Crippen molar-refractivity contribution in [1.82, 2.24) is 10.2 Å². The highest BCUT2D eigenvalue weighted by atomic mass is 32.2. The summed E-state index contributed by atoms with van der Waals surface area (Å²) in [6.07, 6.45) is 0.587. The van der Waals surface area contributed by atoms with Gasteiger partial charge in [-0.1, -0.05) is 0 Å². The highest BCUT2D eigenvalue weighted by Crippen LogP contribution is 2.20. The Morgan fingerprint density at radius 3 is 2.67 bits per heavy atom. The van der Waals surface area contributed by atoms with Gasteiger partial charge in [0.05, 0.1) is 0 Å². The molecule has 6 nitrogen and oxygen atoms in total. The molecule has 102 valence electrons. The van der Waals surface area contributed by atoms with Gasteiger partial charge in [-0.25, -0.2) is 18.4 Å². The van der Waals surface area contributed by atoms with Gasteiger partial charge in [0.2, 0.25) is 10.0 Å². The number of sulfonamides is 1. The Labute approximate surface area is 111 Å². The van der Waals surface area contributed by atoms with Gasteiger partial charge in [-0.15, -0.1) is 11.3 Å². The second kappa shape index (κ2) is 6.17.